The summed E-state index contributed by atoms with van der Waals surface area (Å²) in [4.78, 5) is 0. The highest BCUT2D eigenvalue weighted by molar-refractivity contribution is 5.31. The predicted octanol–water partition coefficient (Wildman–Crippen LogP) is 3.04. The second kappa shape index (κ2) is 6.74. The zero-order chi connectivity index (χ0) is 15.3. The van der Waals surface area contributed by atoms with Crippen LogP contribution < -0.4 is 10.5 Å². The summed E-state index contributed by atoms with van der Waals surface area (Å²) in [7, 11) is 0. The highest BCUT2D eigenvalue weighted by Gasteiger charge is 2.27. The molecule has 0 aliphatic heterocycles. The van der Waals surface area contributed by atoms with Gasteiger partial charge in [-0.25, -0.2) is 0 Å². The topological polar surface area (TPSA) is 55.5 Å². The molecule has 0 aromatic heterocycles. The largest absolute Gasteiger partial charge is 0.491 e. The third-order valence-electron chi connectivity index (χ3n) is 3.65. The molecular formula is C18H23NO2. The number of nitrogens with two attached hydrogens (primary N) is 1. The fourth-order valence-electron chi connectivity index (χ4n) is 2.17. The molecular weight excluding hydrogens is 262 g/mol. The van der Waals surface area contributed by atoms with E-state index in [9.17, 15) is 5.11 Å². The lowest BCUT2D eigenvalue weighted by atomic mass is 9.93. The second-order valence-electron chi connectivity index (χ2n) is 5.70. The van der Waals surface area contributed by atoms with Crippen molar-refractivity contribution in [1.82, 2.24) is 0 Å². The zero-order valence-electron chi connectivity index (χ0n) is 12.6. The quantitative estimate of drug-likeness (QED) is 0.857. The number of hydrogen-bond acceptors (Lipinski definition) is 3. The third kappa shape index (κ3) is 3.84. The van der Waals surface area contributed by atoms with Gasteiger partial charge in [0.05, 0.1) is 12.1 Å². The first-order valence-corrected chi connectivity index (χ1v) is 7.23. The molecule has 0 radical (unpaired) electrons. The van der Waals surface area contributed by atoms with Gasteiger partial charge in [-0.1, -0.05) is 56.3 Å². The molecule has 0 bridgehead atoms. The molecule has 2 aromatic carbocycles. The van der Waals surface area contributed by atoms with Crippen LogP contribution in [-0.2, 0) is 5.54 Å². The normalized spacial score (nSPS) is 14.0. The lowest BCUT2D eigenvalue weighted by molar-refractivity contribution is 0.133. The van der Waals surface area contributed by atoms with Crippen molar-refractivity contribution in [2.45, 2.75) is 25.3 Å². The van der Waals surface area contributed by atoms with E-state index in [0.717, 1.165) is 11.3 Å². The maximum absolute atomic E-state index is 9.65. The van der Waals surface area contributed by atoms with E-state index in [0.29, 0.717) is 5.92 Å². The highest BCUT2D eigenvalue weighted by atomic mass is 16.5. The average molecular weight is 285 g/mol. The van der Waals surface area contributed by atoms with Crippen LogP contribution in [0.2, 0.25) is 0 Å². The Kier molecular flexibility index (Phi) is 4.99. The van der Waals surface area contributed by atoms with E-state index in [2.05, 4.69) is 19.9 Å². The minimum Gasteiger partial charge on any atom is -0.491 e. The molecule has 1 unspecified atom stereocenters. The Morgan fingerprint density at radius 1 is 1.10 bits per heavy atom. The Hall–Kier alpha value is -1.84. The molecule has 112 valence electrons. The lowest BCUT2D eigenvalue weighted by Gasteiger charge is -2.28. The number of benzene rings is 2. The zero-order valence-corrected chi connectivity index (χ0v) is 12.6. The predicted molar refractivity (Wildman–Crippen MR) is 85.4 cm³/mol. The van der Waals surface area contributed by atoms with Gasteiger partial charge in [0.2, 0.25) is 0 Å². The van der Waals surface area contributed by atoms with E-state index < -0.39 is 5.54 Å². The minimum atomic E-state index is -0.894. The molecule has 0 aliphatic rings. The maximum Gasteiger partial charge on any atom is 0.119 e. The van der Waals surface area contributed by atoms with Gasteiger partial charge in [-0.2, -0.15) is 0 Å². The number of aliphatic hydroxyl groups is 1. The van der Waals surface area contributed by atoms with E-state index in [4.69, 9.17) is 10.5 Å². The van der Waals surface area contributed by atoms with Crippen LogP contribution in [0.15, 0.2) is 54.6 Å². The van der Waals surface area contributed by atoms with Crippen LogP contribution >= 0.6 is 0 Å². The van der Waals surface area contributed by atoms with Gasteiger partial charge in [-0.05, 0) is 29.2 Å². The third-order valence-corrected chi connectivity index (χ3v) is 3.65. The van der Waals surface area contributed by atoms with Crippen molar-refractivity contribution in [3.63, 3.8) is 0 Å². The Labute approximate surface area is 126 Å². The van der Waals surface area contributed by atoms with Crippen LogP contribution in [0.5, 0.6) is 5.75 Å². The summed E-state index contributed by atoms with van der Waals surface area (Å²) in [6.07, 6.45) is 0. The Balaban J connectivity index is 2.12. The Morgan fingerprint density at radius 2 is 1.81 bits per heavy atom. The summed E-state index contributed by atoms with van der Waals surface area (Å²) in [5.41, 5.74) is 7.48. The van der Waals surface area contributed by atoms with E-state index in [-0.39, 0.29) is 13.2 Å². The maximum atomic E-state index is 9.65. The van der Waals surface area contributed by atoms with Gasteiger partial charge in [-0.3, -0.25) is 0 Å². The van der Waals surface area contributed by atoms with Crippen molar-refractivity contribution in [3.05, 3.63) is 65.7 Å². The second-order valence-corrected chi connectivity index (χ2v) is 5.70. The van der Waals surface area contributed by atoms with Crippen molar-refractivity contribution in [2.75, 3.05) is 13.2 Å². The van der Waals surface area contributed by atoms with Crippen LogP contribution in [0.1, 0.15) is 30.9 Å². The summed E-state index contributed by atoms with van der Waals surface area (Å²) in [5, 5.41) is 9.65. The Morgan fingerprint density at radius 3 is 2.43 bits per heavy atom. The van der Waals surface area contributed by atoms with Crippen molar-refractivity contribution in [3.8, 4) is 5.75 Å². The van der Waals surface area contributed by atoms with E-state index in [1.54, 1.807) is 0 Å². The lowest BCUT2D eigenvalue weighted by Crippen LogP contribution is -2.46. The molecule has 0 heterocycles. The molecule has 0 saturated carbocycles. The average Bonchev–Trinajstić information content (AvgIpc) is 2.53. The van der Waals surface area contributed by atoms with Gasteiger partial charge in [0, 0.05) is 0 Å². The smallest absolute Gasteiger partial charge is 0.119 e. The first kappa shape index (κ1) is 15.5. The molecule has 3 N–H and O–H groups in total. The van der Waals surface area contributed by atoms with E-state index >= 15 is 0 Å². The summed E-state index contributed by atoms with van der Waals surface area (Å²) in [6.45, 7) is 4.35. The number of rotatable bonds is 6. The molecule has 0 fully saturated rings. The summed E-state index contributed by atoms with van der Waals surface area (Å²) >= 11 is 0. The highest BCUT2D eigenvalue weighted by Crippen LogP contribution is 2.23. The van der Waals surface area contributed by atoms with Gasteiger partial charge >= 0.3 is 0 Å². The SMILES string of the molecule is CC(C)c1cccc(OCC(N)(CO)c2ccccc2)c1. The van der Waals surface area contributed by atoms with Crippen molar-refractivity contribution < 1.29 is 9.84 Å². The summed E-state index contributed by atoms with van der Waals surface area (Å²) in [5.74, 6) is 1.23. The molecule has 0 aliphatic carbocycles. The van der Waals surface area contributed by atoms with Gasteiger partial charge in [-0.15, -0.1) is 0 Å². The van der Waals surface area contributed by atoms with Crippen LogP contribution in [0.25, 0.3) is 0 Å². The van der Waals surface area contributed by atoms with E-state index in [1.165, 1.54) is 5.56 Å². The minimum absolute atomic E-state index is 0.166. The Bertz CT molecular complexity index is 568. The summed E-state index contributed by atoms with van der Waals surface area (Å²) < 4.78 is 5.82. The molecule has 0 amide bonds. The number of ether oxygens (including phenoxy) is 1. The fraction of sp³-hybridized carbons (Fsp3) is 0.333. The summed E-state index contributed by atoms with van der Waals surface area (Å²) in [6, 6.07) is 17.5. The number of hydrogen-bond donors (Lipinski definition) is 2. The fourth-order valence-corrected chi connectivity index (χ4v) is 2.17. The standard InChI is InChI=1S/C18H23NO2/c1-14(2)15-7-6-10-17(11-15)21-13-18(19,12-20)16-8-4-3-5-9-16/h3-11,14,20H,12-13,19H2,1-2H3. The van der Waals surface area contributed by atoms with Crippen LogP contribution in [0, 0.1) is 0 Å². The number of aliphatic hydroxyl groups excluding tert-OH is 1. The molecule has 0 spiro atoms. The van der Waals surface area contributed by atoms with Crippen LogP contribution in [0.3, 0.4) is 0 Å². The van der Waals surface area contributed by atoms with Crippen molar-refractivity contribution >= 4 is 0 Å². The molecule has 3 heteroatoms. The molecule has 1 atom stereocenters. The van der Waals surface area contributed by atoms with Crippen LogP contribution in [0.4, 0.5) is 0 Å². The molecule has 21 heavy (non-hydrogen) atoms. The molecule has 2 aromatic rings. The van der Waals surface area contributed by atoms with Gasteiger partial charge < -0.3 is 15.6 Å². The first-order chi connectivity index (χ1) is 10.0. The van der Waals surface area contributed by atoms with Crippen molar-refractivity contribution in [2.24, 2.45) is 5.73 Å². The van der Waals surface area contributed by atoms with Crippen molar-refractivity contribution in [1.29, 1.82) is 0 Å². The molecule has 2 rings (SSSR count). The van der Waals surface area contributed by atoms with Gasteiger partial charge in [0.15, 0.2) is 0 Å². The first-order valence-electron chi connectivity index (χ1n) is 7.23. The van der Waals surface area contributed by atoms with E-state index in [1.807, 2.05) is 48.5 Å². The van der Waals surface area contributed by atoms with Gasteiger partial charge in [0.1, 0.15) is 12.4 Å². The van der Waals surface area contributed by atoms with Crippen LogP contribution in [-0.4, -0.2) is 18.3 Å². The monoisotopic (exact) mass is 285 g/mol. The molecule has 3 nitrogen and oxygen atoms in total. The van der Waals surface area contributed by atoms with Gasteiger partial charge in [0.25, 0.3) is 0 Å². The molecule has 0 saturated heterocycles.